The Labute approximate surface area is 218 Å². The molecule has 0 atom stereocenters. The van der Waals surface area contributed by atoms with Gasteiger partial charge in [0.1, 0.15) is 5.58 Å². The second kappa shape index (κ2) is 7.73. The van der Waals surface area contributed by atoms with Crippen molar-refractivity contribution in [2.75, 3.05) is 4.90 Å². The summed E-state index contributed by atoms with van der Waals surface area (Å²) >= 11 is 6.89. The van der Waals surface area contributed by atoms with Crippen LogP contribution in [0.1, 0.15) is 0 Å². The molecule has 1 aliphatic carbocycles. The Balaban J connectivity index is 1.59. The number of hydrogen-bond donors (Lipinski definition) is 0. The summed E-state index contributed by atoms with van der Waals surface area (Å²) in [5, 5.41) is 5.37. The standard InChI is InChI=1S/C34H20ClNO/c35-27-18-8-15-24-25-16-9-19-29-32(25)33-30-21(10-7-17-26(30)31(24)27)20-28(34(33)37-29)36(22-11-3-1-4-12-22)23-13-5-2-6-14-23/h1-20H. The van der Waals surface area contributed by atoms with Crippen LogP contribution >= 0.6 is 11.6 Å². The average molecular weight is 494 g/mol. The number of furan rings is 1. The molecule has 6 aromatic carbocycles. The number of hydrogen-bond acceptors (Lipinski definition) is 2. The zero-order valence-electron chi connectivity index (χ0n) is 19.8. The monoisotopic (exact) mass is 493 g/mol. The number of halogens is 1. The van der Waals surface area contributed by atoms with E-state index >= 15 is 0 Å². The lowest BCUT2D eigenvalue weighted by atomic mass is 9.93. The lowest BCUT2D eigenvalue weighted by Crippen LogP contribution is -2.10. The van der Waals surface area contributed by atoms with Crippen LogP contribution in [0.4, 0.5) is 17.1 Å². The molecule has 0 aliphatic heterocycles. The molecule has 0 bridgehead atoms. The third-order valence-electron chi connectivity index (χ3n) is 7.43. The zero-order valence-corrected chi connectivity index (χ0v) is 20.5. The minimum atomic E-state index is 0.761. The number of para-hydroxylation sites is 2. The number of rotatable bonds is 3. The van der Waals surface area contributed by atoms with Gasteiger partial charge in [0.25, 0.3) is 0 Å². The summed E-state index contributed by atoms with van der Waals surface area (Å²) in [7, 11) is 0. The Hall–Kier alpha value is -4.53. The van der Waals surface area contributed by atoms with Crippen LogP contribution in [0.25, 0.3) is 55.0 Å². The van der Waals surface area contributed by atoms with Crippen molar-refractivity contribution in [2.24, 2.45) is 0 Å². The van der Waals surface area contributed by atoms with Crippen LogP contribution in [-0.4, -0.2) is 0 Å². The van der Waals surface area contributed by atoms with Gasteiger partial charge in [-0.25, -0.2) is 0 Å². The van der Waals surface area contributed by atoms with Gasteiger partial charge in [-0.3, -0.25) is 0 Å². The molecule has 0 amide bonds. The Morgan fingerprint density at radius 2 is 1.19 bits per heavy atom. The van der Waals surface area contributed by atoms with Crippen molar-refractivity contribution in [3.63, 3.8) is 0 Å². The largest absolute Gasteiger partial charge is 0.454 e. The number of fused-ring (bicyclic) bond motifs is 3. The number of benzene rings is 6. The van der Waals surface area contributed by atoms with Crippen LogP contribution < -0.4 is 4.90 Å². The fourth-order valence-corrected chi connectivity index (χ4v) is 6.23. The van der Waals surface area contributed by atoms with Crippen molar-refractivity contribution in [2.45, 2.75) is 0 Å². The molecule has 2 nitrogen and oxygen atoms in total. The Morgan fingerprint density at radius 3 is 1.95 bits per heavy atom. The van der Waals surface area contributed by atoms with E-state index in [1.54, 1.807) is 0 Å². The maximum atomic E-state index is 6.89. The third kappa shape index (κ3) is 2.88. The molecule has 3 heteroatoms. The van der Waals surface area contributed by atoms with Crippen molar-refractivity contribution in [3.8, 4) is 22.3 Å². The lowest BCUT2D eigenvalue weighted by molar-refractivity contribution is 0.669. The third-order valence-corrected chi connectivity index (χ3v) is 7.74. The predicted molar refractivity (Wildman–Crippen MR) is 155 cm³/mol. The second-order valence-electron chi connectivity index (χ2n) is 9.45. The van der Waals surface area contributed by atoms with E-state index in [0.29, 0.717) is 0 Å². The van der Waals surface area contributed by atoms with E-state index in [-0.39, 0.29) is 0 Å². The van der Waals surface area contributed by atoms with Crippen LogP contribution in [0, 0.1) is 0 Å². The van der Waals surface area contributed by atoms with Crippen molar-refractivity contribution in [3.05, 3.63) is 126 Å². The van der Waals surface area contributed by atoms with E-state index in [1.165, 1.54) is 5.39 Å². The summed E-state index contributed by atoms with van der Waals surface area (Å²) < 4.78 is 6.76. The van der Waals surface area contributed by atoms with Gasteiger partial charge >= 0.3 is 0 Å². The highest BCUT2D eigenvalue weighted by Crippen LogP contribution is 2.53. The van der Waals surface area contributed by atoms with Crippen LogP contribution in [-0.2, 0) is 0 Å². The molecule has 0 N–H and O–H groups in total. The summed E-state index contributed by atoms with van der Waals surface area (Å²) in [5.74, 6) is 0. The van der Waals surface area contributed by atoms with Crippen LogP contribution in [0.2, 0.25) is 5.02 Å². The zero-order chi connectivity index (χ0) is 24.5. The van der Waals surface area contributed by atoms with Crippen LogP contribution in [0.15, 0.2) is 126 Å². The summed E-state index contributed by atoms with van der Waals surface area (Å²) in [5.41, 5.74) is 9.42. The van der Waals surface area contributed by atoms with E-state index in [2.05, 4.69) is 102 Å². The van der Waals surface area contributed by atoms with Crippen LogP contribution in [0.3, 0.4) is 0 Å². The van der Waals surface area contributed by atoms with Gasteiger partial charge in [-0.1, -0.05) is 90.5 Å². The van der Waals surface area contributed by atoms with Crippen molar-refractivity contribution < 1.29 is 4.42 Å². The van der Waals surface area contributed by atoms with Gasteiger partial charge in [0.15, 0.2) is 5.58 Å². The minimum Gasteiger partial charge on any atom is -0.454 e. The van der Waals surface area contributed by atoms with Gasteiger partial charge < -0.3 is 9.32 Å². The van der Waals surface area contributed by atoms with Gasteiger partial charge in [0, 0.05) is 38.1 Å². The fraction of sp³-hybridized carbons (Fsp3) is 0. The summed E-state index contributed by atoms with van der Waals surface area (Å²) in [6.45, 7) is 0. The number of anilines is 3. The molecule has 0 saturated carbocycles. The van der Waals surface area contributed by atoms with Crippen molar-refractivity contribution >= 4 is 61.4 Å². The lowest BCUT2D eigenvalue weighted by Gasteiger charge is -2.26. The fourth-order valence-electron chi connectivity index (χ4n) is 5.95. The predicted octanol–water partition coefficient (Wildman–Crippen LogP) is 10.5. The van der Waals surface area contributed by atoms with Gasteiger partial charge in [-0.15, -0.1) is 0 Å². The molecule has 0 saturated heterocycles. The van der Waals surface area contributed by atoms with Gasteiger partial charge in [-0.2, -0.15) is 0 Å². The molecule has 0 radical (unpaired) electrons. The Morgan fingerprint density at radius 1 is 0.541 bits per heavy atom. The Kier molecular flexibility index (Phi) is 4.31. The Bertz CT molecular complexity index is 1950. The summed E-state index contributed by atoms with van der Waals surface area (Å²) in [6.07, 6.45) is 0. The molecule has 1 heterocycles. The first-order valence-corrected chi connectivity index (χ1v) is 12.8. The topological polar surface area (TPSA) is 16.4 Å². The maximum absolute atomic E-state index is 6.89. The van der Waals surface area contributed by atoms with E-state index in [9.17, 15) is 0 Å². The quantitative estimate of drug-likeness (QED) is 0.243. The smallest absolute Gasteiger partial charge is 0.160 e. The molecule has 0 unspecified atom stereocenters. The molecule has 1 aliphatic rings. The van der Waals surface area contributed by atoms with E-state index in [1.807, 2.05) is 24.3 Å². The molecule has 37 heavy (non-hydrogen) atoms. The molecular formula is C34H20ClNO. The summed E-state index contributed by atoms with van der Waals surface area (Å²) in [4.78, 5) is 2.29. The first-order chi connectivity index (χ1) is 18.3. The number of nitrogens with zero attached hydrogens (tertiary/aromatic N) is 1. The van der Waals surface area contributed by atoms with Crippen LogP contribution in [0.5, 0.6) is 0 Å². The highest BCUT2D eigenvalue weighted by atomic mass is 35.5. The SMILES string of the molecule is Clc1cccc2c1-c1cccc3cc(N(c4ccccc4)c4ccccc4)c4oc5cccc-2c5c4c13. The molecule has 174 valence electrons. The first-order valence-electron chi connectivity index (χ1n) is 12.4. The minimum absolute atomic E-state index is 0.761. The van der Waals surface area contributed by atoms with E-state index in [0.717, 1.165) is 71.7 Å². The van der Waals surface area contributed by atoms with Crippen molar-refractivity contribution in [1.82, 2.24) is 0 Å². The second-order valence-corrected chi connectivity index (χ2v) is 9.86. The highest BCUT2D eigenvalue weighted by Gasteiger charge is 2.28. The average Bonchev–Trinajstić information content (AvgIpc) is 3.28. The normalized spacial score (nSPS) is 11.9. The van der Waals surface area contributed by atoms with E-state index < -0.39 is 0 Å². The van der Waals surface area contributed by atoms with Gasteiger partial charge in [0.05, 0.1) is 5.69 Å². The molecular weight excluding hydrogens is 474 g/mol. The van der Waals surface area contributed by atoms with Gasteiger partial charge in [-0.05, 0) is 64.5 Å². The van der Waals surface area contributed by atoms with E-state index in [4.69, 9.17) is 16.0 Å². The molecule has 1 aromatic heterocycles. The van der Waals surface area contributed by atoms with Crippen molar-refractivity contribution in [1.29, 1.82) is 0 Å². The van der Waals surface area contributed by atoms with Gasteiger partial charge in [0.2, 0.25) is 0 Å². The molecule has 0 spiro atoms. The molecule has 8 rings (SSSR count). The maximum Gasteiger partial charge on any atom is 0.160 e. The first kappa shape index (κ1) is 20.6. The molecule has 7 aromatic rings. The molecule has 0 fully saturated rings. The highest BCUT2D eigenvalue weighted by molar-refractivity contribution is 6.37. The summed E-state index contributed by atoms with van der Waals surface area (Å²) in [6, 6.07) is 42.2.